The summed E-state index contributed by atoms with van der Waals surface area (Å²) in [5.74, 6) is 2.83. The Hall–Kier alpha value is -1.42. The maximum absolute atomic E-state index is 5.44. The van der Waals surface area contributed by atoms with Gasteiger partial charge in [0.05, 0.1) is 21.3 Å². The molecule has 4 heteroatoms. The molecule has 21 heavy (non-hydrogen) atoms. The Morgan fingerprint density at radius 2 is 1.48 bits per heavy atom. The van der Waals surface area contributed by atoms with Gasteiger partial charge in [-0.15, -0.1) is 0 Å². The Balaban J connectivity index is 2.83. The number of nitrogens with one attached hydrogen (secondary N) is 1. The highest BCUT2D eigenvalue weighted by Gasteiger charge is 2.22. The minimum atomic E-state index is 0.254. The minimum Gasteiger partial charge on any atom is -0.496 e. The first-order valence-corrected chi connectivity index (χ1v) is 7.35. The molecule has 0 radical (unpaired) electrons. The van der Waals surface area contributed by atoms with Crippen LogP contribution < -0.4 is 19.5 Å². The number of methoxy groups -OCH3 is 3. The van der Waals surface area contributed by atoms with Crippen LogP contribution in [0.5, 0.6) is 17.2 Å². The van der Waals surface area contributed by atoms with Crippen molar-refractivity contribution >= 4 is 0 Å². The molecule has 0 fully saturated rings. The number of benzene rings is 1. The summed E-state index contributed by atoms with van der Waals surface area (Å²) in [7, 11) is 4.94. The summed E-state index contributed by atoms with van der Waals surface area (Å²) in [5.41, 5.74) is 1.32. The van der Waals surface area contributed by atoms with Crippen LogP contribution in [0.4, 0.5) is 0 Å². The van der Waals surface area contributed by atoms with Crippen LogP contribution in [0.15, 0.2) is 12.1 Å². The summed E-state index contributed by atoms with van der Waals surface area (Å²) < 4.78 is 16.1. The lowest BCUT2D eigenvalue weighted by molar-refractivity contribution is 0.237. The van der Waals surface area contributed by atoms with Gasteiger partial charge in [0.15, 0.2) is 11.5 Å². The molecule has 0 heterocycles. The molecule has 0 aromatic heterocycles. The van der Waals surface area contributed by atoms with E-state index in [9.17, 15) is 0 Å². The molecule has 0 spiro atoms. The van der Waals surface area contributed by atoms with Crippen LogP contribution in [-0.2, 0) is 6.54 Å². The molecule has 0 aliphatic carbocycles. The molecule has 0 aliphatic rings. The summed E-state index contributed by atoms with van der Waals surface area (Å²) in [5, 5.41) is 3.51. The van der Waals surface area contributed by atoms with E-state index in [2.05, 4.69) is 33.0 Å². The smallest absolute Gasteiger partial charge is 0.164 e. The zero-order valence-corrected chi connectivity index (χ0v) is 14.4. The molecule has 0 atom stereocenters. The van der Waals surface area contributed by atoms with Gasteiger partial charge in [-0.1, -0.05) is 27.7 Å². The Morgan fingerprint density at radius 3 is 1.95 bits per heavy atom. The van der Waals surface area contributed by atoms with Crippen molar-refractivity contribution < 1.29 is 14.2 Å². The lowest BCUT2D eigenvalue weighted by atomic mass is 9.81. The normalized spacial score (nSPS) is 11.6. The van der Waals surface area contributed by atoms with Crippen molar-refractivity contribution in [3.63, 3.8) is 0 Å². The van der Waals surface area contributed by atoms with Gasteiger partial charge in [0.1, 0.15) is 5.75 Å². The van der Waals surface area contributed by atoms with E-state index in [0.717, 1.165) is 30.2 Å². The van der Waals surface area contributed by atoms with Crippen molar-refractivity contribution in [1.82, 2.24) is 5.32 Å². The zero-order valence-electron chi connectivity index (χ0n) is 14.4. The molecule has 0 unspecified atom stereocenters. The van der Waals surface area contributed by atoms with Gasteiger partial charge >= 0.3 is 0 Å². The number of hydrogen-bond acceptors (Lipinski definition) is 4. The van der Waals surface area contributed by atoms with Crippen LogP contribution in [0.2, 0.25) is 0 Å². The average molecular weight is 295 g/mol. The maximum Gasteiger partial charge on any atom is 0.164 e. The molecular formula is C17H29NO3. The number of rotatable bonds is 8. The third kappa shape index (κ3) is 4.53. The highest BCUT2D eigenvalue weighted by Crippen LogP contribution is 2.34. The van der Waals surface area contributed by atoms with Gasteiger partial charge in [0, 0.05) is 24.7 Å². The van der Waals surface area contributed by atoms with Crippen LogP contribution >= 0.6 is 0 Å². The molecule has 1 aromatic carbocycles. The van der Waals surface area contributed by atoms with Gasteiger partial charge in [-0.2, -0.15) is 0 Å². The van der Waals surface area contributed by atoms with Gasteiger partial charge in [-0.3, -0.25) is 0 Å². The monoisotopic (exact) mass is 295 g/mol. The van der Waals surface area contributed by atoms with Crippen molar-refractivity contribution in [1.29, 1.82) is 0 Å². The van der Waals surface area contributed by atoms with E-state index >= 15 is 0 Å². The standard InChI is InChI=1S/C17H29NO3/c1-12(2)17(3,4)11-18-10-13-8-15(20-6)16(21-7)9-14(13)19-5/h8-9,12,18H,10-11H2,1-7H3. The Kier molecular flexibility index (Phi) is 6.34. The second-order valence-electron chi connectivity index (χ2n) is 6.27. The van der Waals surface area contributed by atoms with Crippen molar-refractivity contribution in [2.24, 2.45) is 11.3 Å². The minimum absolute atomic E-state index is 0.254. The molecule has 0 aliphatic heterocycles. The summed E-state index contributed by atoms with van der Waals surface area (Å²) in [6.07, 6.45) is 0. The molecule has 0 bridgehead atoms. The maximum atomic E-state index is 5.44. The molecule has 1 rings (SSSR count). The first-order chi connectivity index (χ1) is 9.85. The molecule has 120 valence electrons. The van der Waals surface area contributed by atoms with Crippen LogP contribution in [0, 0.1) is 11.3 Å². The first kappa shape index (κ1) is 17.6. The van der Waals surface area contributed by atoms with Crippen molar-refractivity contribution in [3.05, 3.63) is 17.7 Å². The van der Waals surface area contributed by atoms with Gasteiger partial charge in [-0.25, -0.2) is 0 Å². The lowest BCUT2D eigenvalue weighted by Crippen LogP contribution is -2.33. The highest BCUT2D eigenvalue weighted by atomic mass is 16.5. The molecule has 1 aromatic rings. The fraction of sp³-hybridized carbons (Fsp3) is 0.647. The number of hydrogen-bond donors (Lipinski definition) is 1. The van der Waals surface area contributed by atoms with E-state index in [1.54, 1.807) is 21.3 Å². The third-order valence-corrected chi connectivity index (χ3v) is 4.25. The summed E-state index contributed by atoms with van der Waals surface area (Å²) >= 11 is 0. The predicted octanol–water partition coefficient (Wildman–Crippen LogP) is 3.48. The topological polar surface area (TPSA) is 39.7 Å². The second-order valence-corrected chi connectivity index (χ2v) is 6.27. The van der Waals surface area contributed by atoms with Crippen molar-refractivity contribution in [2.45, 2.75) is 34.2 Å². The van der Waals surface area contributed by atoms with Crippen molar-refractivity contribution in [2.75, 3.05) is 27.9 Å². The van der Waals surface area contributed by atoms with Crippen LogP contribution in [0.1, 0.15) is 33.3 Å². The van der Waals surface area contributed by atoms with E-state index < -0.39 is 0 Å². The van der Waals surface area contributed by atoms with E-state index in [1.807, 2.05) is 12.1 Å². The summed E-state index contributed by atoms with van der Waals surface area (Å²) in [6, 6.07) is 3.83. The van der Waals surface area contributed by atoms with E-state index in [1.165, 1.54) is 0 Å². The van der Waals surface area contributed by atoms with Crippen LogP contribution in [0.3, 0.4) is 0 Å². The van der Waals surface area contributed by atoms with Crippen molar-refractivity contribution in [3.8, 4) is 17.2 Å². The Morgan fingerprint density at radius 1 is 0.952 bits per heavy atom. The van der Waals surface area contributed by atoms with E-state index in [4.69, 9.17) is 14.2 Å². The zero-order chi connectivity index (χ0) is 16.0. The van der Waals surface area contributed by atoms with Crippen LogP contribution in [0.25, 0.3) is 0 Å². The van der Waals surface area contributed by atoms with Crippen LogP contribution in [-0.4, -0.2) is 27.9 Å². The van der Waals surface area contributed by atoms with Gasteiger partial charge in [0.2, 0.25) is 0 Å². The summed E-state index contributed by atoms with van der Waals surface area (Å²) in [4.78, 5) is 0. The molecule has 0 saturated carbocycles. The van der Waals surface area contributed by atoms with E-state index in [0.29, 0.717) is 11.7 Å². The second kappa shape index (κ2) is 7.55. The average Bonchev–Trinajstić information content (AvgIpc) is 2.46. The third-order valence-electron chi connectivity index (χ3n) is 4.25. The molecular weight excluding hydrogens is 266 g/mol. The van der Waals surface area contributed by atoms with Gasteiger partial charge < -0.3 is 19.5 Å². The van der Waals surface area contributed by atoms with Gasteiger partial charge in [-0.05, 0) is 17.4 Å². The Bertz CT molecular complexity index is 456. The number of ether oxygens (including phenoxy) is 3. The fourth-order valence-electron chi connectivity index (χ4n) is 1.95. The van der Waals surface area contributed by atoms with Gasteiger partial charge in [0.25, 0.3) is 0 Å². The predicted molar refractivity (Wildman–Crippen MR) is 86.4 cm³/mol. The largest absolute Gasteiger partial charge is 0.496 e. The molecule has 4 nitrogen and oxygen atoms in total. The quantitative estimate of drug-likeness (QED) is 0.797. The Labute approximate surface area is 128 Å². The SMILES string of the molecule is COc1cc(OC)c(OC)cc1CNCC(C)(C)C(C)C. The molecule has 0 amide bonds. The summed E-state index contributed by atoms with van der Waals surface area (Å²) in [6.45, 7) is 10.7. The lowest BCUT2D eigenvalue weighted by Gasteiger charge is -2.29. The molecule has 1 N–H and O–H groups in total. The highest BCUT2D eigenvalue weighted by molar-refractivity contribution is 5.50. The fourth-order valence-corrected chi connectivity index (χ4v) is 1.95. The first-order valence-electron chi connectivity index (χ1n) is 7.35. The van der Waals surface area contributed by atoms with E-state index in [-0.39, 0.29) is 5.41 Å². The molecule has 0 saturated heterocycles.